The number of nitrogens with one attached hydrogen (secondary N) is 2. The van der Waals surface area contributed by atoms with E-state index >= 15 is 0 Å². The molecule has 0 bridgehead atoms. The Labute approximate surface area is 195 Å². The Kier molecular flexibility index (Phi) is 10.2. The molecule has 5 heteroatoms. The van der Waals surface area contributed by atoms with Gasteiger partial charge in [-0.15, -0.1) is 0 Å². The molecule has 3 fully saturated rings. The van der Waals surface area contributed by atoms with Crippen molar-refractivity contribution in [1.29, 1.82) is 0 Å². The first-order valence-corrected chi connectivity index (χ1v) is 13.4. The Morgan fingerprint density at radius 1 is 1.00 bits per heavy atom. The Morgan fingerprint density at radius 2 is 1.75 bits per heavy atom. The van der Waals surface area contributed by atoms with Crippen molar-refractivity contribution < 1.29 is 8.78 Å². The second-order valence-electron chi connectivity index (χ2n) is 10.4. The SMILES string of the molecule is CC.CC(N[C@@H]1CC([C@@H]2CCC(N)C(/C3=C/C=C[C@H](F)CC[C@@H]3F)C2)CN1)C1CCCC1. The van der Waals surface area contributed by atoms with Crippen LogP contribution in [0.25, 0.3) is 0 Å². The molecule has 0 aromatic heterocycles. The maximum atomic E-state index is 14.9. The van der Waals surface area contributed by atoms with E-state index in [1.54, 1.807) is 12.2 Å². The van der Waals surface area contributed by atoms with E-state index in [9.17, 15) is 8.78 Å². The lowest BCUT2D eigenvalue weighted by atomic mass is 9.69. The van der Waals surface area contributed by atoms with Crippen molar-refractivity contribution in [3.8, 4) is 0 Å². The largest absolute Gasteiger partial charge is 0.327 e. The predicted octanol–water partition coefficient (Wildman–Crippen LogP) is 5.81. The lowest BCUT2D eigenvalue weighted by molar-refractivity contribution is 0.179. The van der Waals surface area contributed by atoms with Crippen LogP contribution in [0, 0.1) is 23.7 Å². The minimum atomic E-state index is -1.06. The quantitative estimate of drug-likeness (QED) is 0.494. The van der Waals surface area contributed by atoms with Gasteiger partial charge in [0, 0.05) is 12.1 Å². The van der Waals surface area contributed by atoms with E-state index in [0.717, 1.165) is 43.7 Å². The number of hydrogen-bond acceptors (Lipinski definition) is 3. The summed E-state index contributed by atoms with van der Waals surface area (Å²) < 4.78 is 28.5. The predicted molar refractivity (Wildman–Crippen MR) is 131 cm³/mol. The Morgan fingerprint density at radius 3 is 2.50 bits per heavy atom. The van der Waals surface area contributed by atoms with E-state index in [0.29, 0.717) is 24.0 Å². The monoisotopic (exact) mass is 451 g/mol. The molecular weight excluding hydrogens is 404 g/mol. The molecule has 1 aliphatic heterocycles. The van der Waals surface area contributed by atoms with Gasteiger partial charge in [0.15, 0.2) is 0 Å². The topological polar surface area (TPSA) is 50.1 Å². The molecule has 184 valence electrons. The molecule has 0 spiro atoms. The second kappa shape index (κ2) is 12.6. The van der Waals surface area contributed by atoms with E-state index < -0.39 is 12.3 Å². The van der Waals surface area contributed by atoms with Gasteiger partial charge < -0.3 is 11.1 Å². The summed E-state index contributed by atoms with van der Waals surface area (Å²) in [4.78, 5) is 0. The second-order valence-corrected chi connectivity index (χ2v) is 10.4. The maximum Gasteiger partial charge on any atom is 0.122 e. The third kappa shape index (κ3) is 6.64. The van der Waals surface area contributed by atoms with Crippen LogP contribution in [-0.4, -0.2) is 37.1 Å². The number of hydrogen-bond donors (Lipinski definition) is 3. The van der Waals surface area contributed by atoms with Gasteiger partial charge in [-0.05, 0) is 94.1 Å². The summed E-state index contributed by atoms with van der Waals surface area (Å²) in [5.74, 6) is 2.13. The Bertz CT molecular complexity index is 616. The average molecular weight is 452 g/mol. The fraction of sp³-hybridized carbons (Fsp3) is 0.852. The van der Waals surface area contributed by atoms with Crippen LogP contribution >= 0.6 is 0 Å². The van der Waals surface area contributed by atoms with Crippen LogP contribution in [0.4, 0.5) is 8.78 Å². The molecule has 8 atom stereocenters. The average Bonchev–Trinajstić information content (AvgIpc) is 3.49. The molecule has 0 aromatic rings. The van der Waals surface area contributed by atoms with E-state index in [1.807, 2.05) is 19.9 Å². The number of alkyl halides is 2. The third-order valence-corrected chi connectivity index (χ3v) is 8.44. The molecule has 0 radical (unpaired) electrons. The summed E-state index contributed by atoms with van der Waals surface area (Å²) in [6.45, 7) is 7.39. The van der Waals surface area contributed by atoms with E-state index in [2.05, 4.69) is 17.6 Å². The van der Waals surface area contributed by atoms with Crippen LogP contribution in [-0.2, 0) is 0 Å². The van der Waals surface area contributed by atoms with Crippen molar-refractivity contribution in [2.75, 3.05) is 6.54 Å². The highest BCUT2D eigenvalue weighted by Gasteiger charge is 2.39. The van der Waals surface area contributed by atoms with Crippen molar-refractivity contribution in [3.05, 3.63) is 23.8 Å². The smallest absolute Gasteiger partial charge is 0.122 e. The van der Waals surface area contributed by atoms with Crippen molar-refractivity contribution >= 4 is 0 Å². The molecule has 3 nitrogen and oxygen atoms in total. The number of nitrogens with two attached hydrogens (primary N) is 1. The van der Waals surface area contributed by atoms with E-state index in [4.69, 9.17) is 5.73 Å². The first kappa shape index (κ1) is 25.8. The number of halogens is 2. The molecule has 3 aliphatic carbocycles. The molecule has 0 aromatic carbocycles. The van der Waals surface area contributed by atoms with Gasteiger partial charge in [0.2, 0.25) is 0 Å². The fourth-order valence-corrected chi connectivity index (χ4v) is 6.51. The Hall–Kier alpha value is -0.780. The minimum absolute atomic E-state index is 0.0189. The van der Waals surface area contributed by atoms with Gasteiger partial charge in [0.05, 0.1) is 6.17 Å². The summed E-state index contributed by atoms with van der Waals surface area (Å²) in [6, 6.07) is 0.597. The summed E-state index contributed by atoms with van der Waals surface area (Å²) in [7, 11) is 0. The molecule has 4 N–H and O–H groups in total. The highest BCUT2D eigenvalue weighted by Crippen LogP contribution is 2.41. The highest BCUT2D eigenvalue weighted by molar-refractivity contribution is 5.24. The van der Waals surface area contributed by atoms with Crippen LogP contribution in [0.2, 0.25) is 0 Å². The normalized spacial score (nSPS) is 41.2. The third-order valence-electron chi connectivity index (χ3n) is 8.44. The molecular formula is C27H47F2N3. The van der Waals surface area contributed by atoms with Crippen LogP contribution in [0.5, 0.6) is 0 Å². The Balaban J connectivity index is 0.00000141. The molecule has 4 rings (SSSR count). The van der Waals surface area contributed by atoms with Crippen LogP contribution in [0.3, 0.4) is 0 Å². The maximum absolute atomic E-state index is 14.9. The zero-order valence-electron chi connectivity index (χ0n) is 20.5. The van der Waals surface area contributed by atoms with Gasteiger partial charge >= 0.3 is 0 Å². The summed E-state index contributed by atoms with van der Waals surface area (Å²) >= 11 is 0. The van der Waals surface area contributed by atoms with E-state index in [1.165, 1.54) is 25.7 Å². The number of rotatable bonds is 5. The van der Waals surface area contributed by atoms with Crippen molar-refractivity contribution in [2.24, 2.45) is 29.4 Å². The van der Waals surface area contributed by atoms with Gasteiger partial charge in [0.25, 0.3) is 0 Å². The molecule has 4 aliphatic rings. The molecule has 32 heavy (non-hydrogen) atoms. The van der Waals surface area contributed by atoms with Gasteiger partial charge in [-0.3, -0.25) is 5.32 Å². The van der Waals surface area contributed by atoms with Crippen LogP contribution < -0.4 is 16.4 Å². The zero-order valence-corrected chi connectivity index (χ0v) is 20.5. The summed E-state index contributed by atoms with van der Waals surface area (Å²) in [5.41, 5.74) is 7.29. The van der Waals surface area contributed by atoms with Crippen molar-refractivity contribution in [3.63, 3.8) is 0 Å². The zero-order chi connectivity index (χ0) is 23.1. The van der Waals surface area contributed by atoms with Crippen molar-refractivity contribution in [2.45, 2.75) is 116 Å². The summed E-state index contributed by atoms with van der Waals surface area (Å²) in [6.07, 6.45) is 13.6. The minimum Gasteiger partial charge on any atom is -0.327 e. The standard InChI is InChI=1S/C25H41F2N3.C2H6/c1-16(17-5-2-3-6-17)30-25-14-19(15-29-25)18-9-12-24(28)22(13-18)21-8-4-7-20(26)10-11-23(21)27;1-2/h4,7-8,16-20,22-25,29-30H,2-3,5-6,9-15,28H2,1H3;1-2H3/b7-4?,21-8-;/t16?,18-,19?,20+,22?,23+,24?,25-;/m1./s1. The lowest BCUT2D eigenvalue weighted by Gasteiger charge is -2.39. The molecule has 4 unspecified atom stereocenters. The summed E-state index contributed by atoms with van der Waals surface area (Å²) in [5, 5.41) is 7.56. The van der Waals surface area contributed by atoms with Gasteiger partial charge in [-0.1, -0.05) is 44.9 Å². The lowest BCUT2D eigenvalue weighted by Crippen LogP contribution is -2.45. The number of allylic oxidation sites excluding steroid dienone is 3. The highest BCUT2D eigenvalue weighted by atomic mass is 19.1. The molecule has 2 saturated carbocycles. The van der Waals surface area contributed by atoms with Crippen LogP contribution in [0.15, 0.2) is 23.8 Å². The fourth-order valence-electron chi connectivity index (χ4n) is 6.51. The van der Waals surface area contributed by atoms with Crippen LogP contribution in [0.1, 0.15) is 85.0 Å². The van der Waals surface area contributed by atoms with Crippen molar-refractivity contribution in [1.82, 2.24) is 10.6 Å². The first-order valence-electron chi connectivity index (χ1n) is 13.4. The van der Waals surface area contributed by atoms with E-state index in [-0.39, 0.29) is 24.8 Å². The molecule has 1 heterocycles. The van der Waals surface area contributed by atoms with Gasteiger partial charge in [-0.2, -0.15) is 0 Å². The molecule has 1 saturated heterocycles. The first-order chi connectivity index (χ1) is 15.5. The van der Waals surface area contributed by atoms with Gasteiger partial charge in [0.1, 0.15) is 12.3 Å². The van der Waals surface area contributed by atoms with Gasteiger partial charge in [-0.25, -0.2) is 8.78 Å². The molecule has 0 amide bonds.